The van der Waals surface area contributed by atoms with Gasteiger partial charge in [-0.1, -0.05) is 13.0 Å². The van der Waals surface area contributed by atoms with Gasteiger partial charge in [0.1, 0.15) is 11.6 Å². The summed E-state index contributed by atoms with van der Waals surface area (Å²) in [7, 11) is 0. The van der Waals surface area contributed by atoms with Crippen LogP contribution in [-0.4, -0.2) is 6.61 Å². The lowest BCUT2D eigenvalue weighted by atomic mass is 10.1. The van der Waals surface area contributed by atoms with Crippen molar-refractivity contribution >= 4 is 5.69 Å². The van der Waals surface area contributed by atoms with Gasteiger partial charge in [0.05, 0.1) is 6.61 Å². The molecule has 2 aromatic carbocycles. The highest BCUT2D eigenvalue weighted by Gasteiger charge is 2.01. The molecule has 0 radical (unpaired) electrons. The van der Waals surface area contributed by atoms with Crippen molar-refractivity contribution in [2.45, 2.75) is 26.8 Å². The molecular weight excluding hydrogens is 253 g/mol. The van der Waals surface area contributed by atoms with E-state index in [9.17, 15) is 4.39 Å². The second-order valence-corrected chi connectivity index (χ2v) is 4.80. The van der Waals surface area contributed by atoms with Gasteiger partial charge in [0.15, 0.2) is 0 Å². The van der Waals surface area contributed by atoms with Gasteiger partial charge in [0.25, 0.3) is 0 Å². The van der Waals surface area contributed by atoms with Crippen LogP contribution in [0.2, 0.25) is 0 Å². The largest absolute Gasteiger partial charge is 0.494 e. The van der Waals surface area contributed by atoms with Crippen LogP contribution in [0.25, 0.3) is 0 Å². The summed E-state index contributed by atoms with van der Waals surface area (Å²) in [5, 5.41) is 3.29. The highest BCUT2D eigenvalue weighted by Crippen LogP contribution is 2.18. The van der Waals surface area contributed by atoms with E-state index < -0.39 is 0 Å². The van der Waals surface area contributed by atoms with Crippen LogP contribution in [0, 0.1) is 12.7 Å². The lowest BCUT2D eigenvalue weighted by Crippen LogP contribution is -2.02. The summed E-state index contributed by atoms with van der Waals surface area (Å²) >= 11 is 0. The van der Waals surface area contributed by atoms with Crippen molar-refractivity contribution in [3.8, 4) is 5.75 Å². The van der Waals surface area contributed by atoms with E-state index in [2.05, 4.69) is 12.2 Å². The van der Waals surface area contributed by atoms with Crippen LogP contribution in [0.3, 0.4) is 0 Å². The predicted molar refractivity (Wildman–Crippen MR) is 80.7 cm³/mol. The Hall–Kier alpha value is -2.03. The second kappa shape index (κ2) is 6.94. The zero-order valence-corrected chi connectivity index (χ0v) is 11.9. The van der Waals surface area contributed by atoms with Gasteiger partial charge >= 0.3 is 0 Å². The quantitative estimate of drug-likeness (QED) is 0.834. The molecule has 0 saturated carbocycles. The maximum Gasteiger partial charge on any atom is 0.123 e. The van der Waals surface area contributed by atoms with E-state index in [4.69, 9.17) is 4.74 Å². The van der Waals surface area contributed by atoms with Gasteiger partial charge in [-0.25, -0.2) is 4.39 Å². The maximum absolute atomic E-state index is 13.2. The maximum atomic E-state index is 13.2. The van der Waals surface area contributed by atoms with E-state index in [1.54, 1.807) is 12.1 Å². The molecular formula is C17H20FNO. The number of benzene rings is 2. The molecule has 0 aliphatic rings. The standard InChI is InChI=1S/C17H20FNO/c1-3-10-20-17-8-6-16(7-9-17)19-12-14-11-15(18)5-4-13(14)2/h4-9,11,19H,3,10,12H2,1-2H3. The Kier molecular flexibility index (Phi) is 4.99. The molecule has 2 rings (SSSR count). The molecule has 3 heteroatoms. The lowest BCUT2D eigenvalue weighted by molar-refractivity contribution is 0.317. The second-order valence-electron chi connectivity index (χ2n) is 4.80. The molecule has 0 bridgehead atoms. The number of halogens is 1. The first-order valence-electron chi connectivity index (χ1n) is 6.91. The molecule has 0 aliphatic heterocycles. The van der Waals surface area contributed by atoms with Crippen LogP contribution >= 0.6 is 0 Å². The first-order chi connectivity index (χ1) is 9.69. The summed E-state index contributed by atoms with van der Waals surface area (Å²) < 4.78 is 18.7. The fourth-order valence-electron chi connectivity index (χ4n) is 1.92. The van der Waals surface area contributed by atoms with Crippen molar-refractivity contribution in [1.82, 2.24) is 0 Å². The van der Waals surface area contributed by atoms with E-state index in [0.29, 0.717) is 6.54 Å². The Morgan fingerprint density at radius 2 is 1.85 bits per heavy atom. The summed E-state index contributed by atoms with van der Waals surface area (Å²) in [6.07, 6.45) is 0.999. The predicted octanol–water partition coefficient (Wildman–Crippen LogP) is 4.54. The average Bonchev–Trinajstić information content (AvgIpc) is 2.47. The molecule has 106 valence electrons. The molecule has 1 N–H and O–H groups in total. The summed E-state index contributed by atoms with van der Waals surface area (Å²) in [5.41, 5.74) is 3.05. The van der Waals surface area contributed by atoms with Crippen molar-refractivity contribution in [1.29, 1.82) is 0 Å². The Balaban J connectivity index is 1.95. The minimum absolute atomic E-state index is 0.198. The van der Waals surface area contributed by atoms with Crippen LogP contribution in [0.15, 0.2) is 42.5 Å². The molecule has 0 heterocycles. The molecule has 0 saturated heterocycles. The van der Waals surface area contributed by atoms with Gasteiger partial charge in [0, 0.05) is 12.2 Å². The smallest absolute Gasteiger partial charge is 0.123 e. The van der Waals surface area contributed by atoms with Gasteiger partial charge in [-0.05, 0) is 60.9 Å². The monoisotopic (exact) mass is 273 g/mol. The molecule has 2 aromatic rings. The molecule has 0 amide bonds. The number of anilines is 1. The first kappa shape index (κ1) is 14.4. The summed E-state index contributed by atoms with van der Waals surface area (Å²) in [6, 6.07) is 12.7. The van der Waals surface area contributed by atoms with Crippen LogP contribution in [0.4, 0.5) is 10.1 Å². The Morgan fingerprint density at radius 1 is 1.10 bits per heavy atom. The van der Waals surface area contributed by atoms with Crippen LogP contribution in [0.5, 0.6) is 5.75 Å². The molecule has 0 atom stereocenters. The van der Waals surface area contributed by atoms with Crippen molar-refractivity contribution in [2.24, 2.45) is 0 Å². The van der Waals surface area contributed by atoms with Crippen LogP contribution in [0.1, 0.15) is 24.5 Å². The third-order valence-electron chi connectivity index (χ3n) is 3.12. The summed E-state index contributed by atoms with van der Waals surface area (Å²) in [6.45, 7) is 5.41. The van der Waals surface area contributed by atoms with Gasteiger partial charge in [-0.15, -0.1) is 0 Å². The molecule has 20 heavy (non-hydrogen) atoms. The molecule has 2 nitrogen and oxygen atoms in total. The van der Waals surface area contributed by atoms with E-state index in [0.717, 1.165) is 35.6 Å². The minimum Gasteiger partial charge on any atom is -0.494 e. The molecule has 0 unspecified atom stereocenters. The SMILES string of the molecule is CCCOc1ccc(NCc2cc(F)ccc2C)cc1. The number of hydrogen-bond donors (Lipinski definition) is 1. The fraction of sp³-hybridized carbons (Fsp3) is 0.294. The van der Waals surface area contributed by atoms with Crippen molar-refractivity contribution in [3.63, 3.8) is 0 Å². The number of ether oxygens (including phenoxy) is 1. The molecule has 0 aromatic heterocycles. The van der Waals surface area contributed by atoms with Crippen molar-refractivity contribution < 1.29 is 9.13 Å². The van der Waals surface area contributed by atoms with Crippen LogP contribution < -0.4 is 10.1 Å². The number of hydrogen-bond acceptors (Lipinski definition) is 2. The topological polar surface area (TPSA) is 21.3 Å². The van der Waals surface area contributed by atoms with E-state index >= 15 is 0 Å². The van der Waals surface area contributed by atoms with Crippen molar-refractivity contribution in [2.75, 3.05) is 11.9 Å². The highest BCUT2D eigenvalue weighted by molar-refractivity contribution is 5.47. The van der Waals surface area contributed by atoms with Crippen LogP contribution in [-0.2, 0) is 6.54 Å². The highest BCUT2D eigenvalue weighted by atomic mass is 19.1. The normalized spacial score (nSPS) is 10.3. The summed E-state index contributed by atoms with van der Waals surface area (Å²) in [5.74, 6) is 0.676. The zero-order valence-electron chi connectivity index (χ0n) is 11.9. The van der Waals surface area contributed by atoms with E-state index in [1.807, 2.05) is 31.2 Å². The Morgan fingerprint density at radius 3 is 2.55 bits per heavy atom. The molecule has 0 spiro atoms. The minimum atomic E-state index is -0.198. The summed E-state index contributed by atoms with van der Waals surface area (Å²) in [4.78, 5) is 0. The number of aryl methyl sites for hydroxylation is 1. The number of nitrogens with one attached hydrogen (secondary N) is 1. The zero-order chi connectivity index (χ0) is 14.4. The number of rotatable bonds is 6. The molecule has 0 fully saturated rings. The Labute approximate surface area is 119 Å². The lowest BCUT2D eigenvalue weighted by Gasteiger charge is -2.10. The first-order valence-corrected chi connectivity index (χ1v) is 6.91. The van der Waals surface area contributed by atoms with Crippen molar-refractivity contribution in [3.05, 3.63) is 59.4 Å². The third-order valence-corrected chi connectivity index (χ3v) is 3.12. The third kappa shape index (κ3) is 3.98. The van der Waals surface area contributed by atoms with E-state index in [-0.39, 0.29) is 5.82 Å². The molecule has 0 aliphatic carbocycles. The fourth-order valence-corrected chi connectivity index (χ4v) is 1.92. The van der Waals surface area contributed by atoms with Gasteiger partial charge in [0.2, 0.25) is 0 Å². The average molecular weight is 273 g/mol. The van der Waals surface area contributed by atoms with Gasteiger partial charge < -0.3 is 10.1 Å². The van der Waals surface area contributed by atoms with Gasteiger partial charge in [-0.2, -0.15) is 0 Å². The Bertz CT molecular complexity index is 551. The van der Waals surface area contributed by atoms with E-state index in [1.165, 1.54) is 6.07 Å². The van der Waals surface area contributed by atoms with Gasteiger partial charge in [-0.3, -0.25) is 0 Å².